The van der Waals surface area contributed by atoms with Gasteiger partial charge in [0, 0.05) is 59.4 Å². The van der Waals surface area contributed by atoms with Crippen molar-refractivity contribution in [3.8, 4) is 56.4 Å². The molecule has 0 saturated carbocycles. The van der Waals surface area contributed by atoms with Gasteiger partial charge in [-0.15, -0.1) is 0 Å². The third-order valence-corrected chi connectivity index (χ3v) is 7.86. The summed E-state index contributed by atoms with van der Waals surface area (Å²) in [5.74, 6) is 0. The molecular weight excluding hydrogens is 1190 g/mol. The SMILES string of the molecule is O.O.O.O.O.O.[Cl][Ir][Cl].[Cl][Ru][Cl].c1ccc(-c2ccccn2)cc1.c1ccc(-c2ccccn2)cc1.c1ccc(-c2ccccn2)cc1.c1ccc(-c2cccnc2-c2ccccn2)nc1. The van der Waals surface area contributed by atoms with Gasteiger partial charge in [0.15, 0.2) is 0 Å². The molecule has 6 heterocycles. The predicted molar refractivity (Wildman–Crippen MR) is 265 cm³/mol. The zero-order valence-corrected chi connectivity index (χ0v) is 42.0. The van der Waals surface area contributed by atoms with E-state index in [9.17, 15) is 0 Å². The molecule has 66 heavy (non-hydrogen) atoms. The minimum absolute atomic E-state index is 0. The van der Waals surface area contributed by atoms with Gasteiger partial charge in [0.1, 0.15) is 0 Å². The molecule has 0 fully saturated rings. The molecule has 12 N–H and O–H groups in total. The van der Waals surface area contributed by atoms with E-state index < -0.39 is 15.7 Å². The van der Waals surface area contributed by atoms with Gasteiger partial charge in [-0.3, -0.25) is 29.9 Å². The summed E-state index contributed by atoms with van der Waals surface area (Å²) in [6.45, 7) is 0. The second kappa shape index (κ2) is 41.2. The van der Waals surface area contributed by atoms with Crippen molar-refractivity contribution >= 4 is 38.5 Å². The molecule has 9 aromatic rings. The van der Waals surface area contributed by atoms with Crippen LogP contribution in [0.5, 0.6) is 0 Å². The molecule has 0 amide bonds. The van der Waals surface area contributed by atoms with Gasteiger partial charge < -0.3 is 32.9 Å². The van der Waals surface area contributed by atoms with Crippen LogP contribution in [0.3, 0.4) is 0 Å². The number of nitrogens with zero attached hydrogens (tertiary/aromatic N) is 6. The summed E-state index contributed by atoms with van der Waals surface area (Å²) < 4.78 is 0. The van der Waals surface area contributed by atoms with E-state index >= 15 is 0 Å². The molecule has 9 rings (SSSR count). The Balaban J connectivity index is -0.000000757. The Morgan fingerprint density at radius 3 is 0.803 bits per heavy atom. The van der Waals surface area contributed by atoms with E-state index in [2.05, 4.69) is 66.3 Å². The summed E-state index contributed by atoms with van der Waals surface area (Å²) in [7, 11) is 19.5. The first kappa shape index (κ1) is 65.0. The molecule has 0 aliphatic rings. The number of rotatable bonds is 5. The first-order chi connectivity index (χ1) is 29.7. The maximum atomic E-state index is 4.89. The van der Waals surface area contributed by atoms with Crippen molar-refractivity contribution in [1.29, 1.82) is 0 Å². The summed E-state index contributed by atoms with van der Waals surface area (Å²) in [6.07, 6.45) is 10.8. The molecule has 0 radical (unpaired) electrons. The maximum absolute atomic E-state index is 4.89. The summed E-state index contributed by atoms with van der Waals surface area (Å²) in [5.41, 5.74) is 10.2. The first-order valence-electron chi connectivity index (χ1n) is 18.0. The van der Waals surface area contributed by atoms with Crippen LogP contribution in [0.1, 0.15) is 0 Å². The van der Waals surface area contributed by atoms with E-state index in [0.717, 1.165) is 56.4 Å². The van der Waals surface area contributed by atoms with Gasteiger partial charge in [-0.25, -0.2) is 0 Å². The summed E-state index contributed by atoms with van der Waals surface area (Å²) in [4.78, 5) is 25.9. The van der Waals surface area contributed by atoms with Crippen LogP contribution in [0.25, 0.3) is 56.4 Å². The third kappa shape index (κ3) is 24.3. The van der Waals surface area contributed by atoms with Gasteiger partial charge in [-0.2, -0.15) is 0 Å². The molecule has 353 valence electrons. The Morgan fingerprint density at radius 1 is 0.288 bits per heavy atom. The maximum Gasteiger partial charge on any atom is 0.0980 e. The molecule has 3 aromatic carbocycles. The van der Waals surface area contributed by atoms with Crippen molar-refractivity contribution in [3.05, 3.63) is 231 Å². The first-order valence-corrected chi connectivity index (χ1v) is 28.5. The Hall–Kier alpha value is -5.25. The van der Waals surface area contributed by atoms with Crippen LogP contribution in [0, 0.1) is 0 Å². The van der Waals surface area contributed by atoms with Gasteiger partial charge >= 0.3 is 69.4 Å². The van der Waals surface area contributed by atoms with Crippen LogP contribution < -0.4 is 0 Å². The van der Waals surface area contributed by atoms with Crippen molar-refractivity contribution in [1.82, 2.24) is 29.9 Å². The van der Waals surface area contributed by atoms with E-state index in [1.807, 2.05) is 176 Å². The smallest absolute Gasteiger partial charge is 0.0980 e. The van der Waals surface area contributed by atoms with Gasteiger partial charge in [0.05, 0.1) is 34.2 Å². The minimum atomic E-state index is -0.556. The molecule has 18 heteroatoms. The van der Waals surface area contributed by atoms with Crippen LogP contribution in [-0.4, -0.2) is 62.8 Å². The Morgan fingerprint density at radius 2 is 0.530 bits per heavy atom. The van der Waals surface area contributed by atoms with E-state index in [1.54, 1.807) is 18.6 Å². The molecule has 0 saturated heterocycles. The number of hydrogen-bond acceptors (Lipinski definition) is 6. The third-order valence-electron chi connectivity index (χ3n) is 7.86. The number of halogens is 4. The second-order valence-corrected chi connectivity index (χ2v) is 17.8. The fraction of sp³-hybridized carbons (Fsp3) is 0. The Labute approximate surface area is 416 Å². The normalized spacial score (nSPS) is 8.73. The molecule has 0 spiro atoms. The van der Waals surface area contributed by atoms with E-state index in [-0.39, 0.29) is 48.0 Å². The monoisotopic (exact) mass is 1240 g/mol. The zero-order valence-electron chi connectivity index (χ0n) is 34.8. The van der Waals surface area contributed by atoms with Crippen molar-refractivity contribution in [2.45, 2.75) is 0 Å². The molecule has 0 bridgehead atoms. The molecule has 6 aromatic heterocycles. The summed E-state index contributed by atoms with van der Waals surface area (Å²) in [6, 6.07) is 63.8. The van der Waals surface area contributed by atoms with Crippen molar-refractivity contribution in [2.24, 2.45) is 0 Å². The average molecular weight is 1240 g/mol. The number of pyridine rings is 6. The molecule has 12 nitrogen and oxygen atoms in total. The summed E-state index contributed by atoms with van der Waals surface area (Å²) in [5, 5.41) is 0. The van der Waals surface area contributed by atoms with E-state index in [1.165, 1.54) is 0 Å². The minimum Gasteiger partial charge on any atom is -0.256 e. The summed E-state index contributed by atoms with van der Waals surface area (Å²) >= 11 is -0.901. The van der Waals surface area contributed by atoms with Crippen LogP contribution in [0.15, 0.2) is 231 Å². The van der Waals surface area contributed by atoms with Crippen LogP contribution >= 0.6 is 38.5 Å². The topological polar surface area (TPSA) is 266 Å². The number of hydrogen-bond donors (Lipinski definition) is 0. The largest absolute Gasteiger partial charge is 0.256 e. The molecule has 0 aliphatic carbocycles. The van der Waals surface area contributed by atoms with E-state index in [4.69, 9.17) is 38.5 Å². The Kier molecular flexibility index (Phi) is 40.6. The predicted octanol–water partition coefficient (Wildman–Crippen LogP) is 9.26. The second-order valence-electron chi connectivity index (χ2n) is 11.7. The van der Waals surface area contributed by atoms with Crippen LogP contribution in [0.4, 0.5) is 0 Å². The van der Waals surface area contributed by atoms with E-state index in [0.29, 0.717) is 0 Å². The van der Waals surface area contributed by atoms with Gasteiger partial charge in [-0.05, 0) is 72.8 Å². The van der Waals surface area contributed by atoms with Crippen molar-refractivity contribution < 1.29 is 63.7 Å². The van der Waals surface area contributed by atoms with Crippen LogP contribution in [-0.2, 0) is 30.8 Å². The Bertz CT molecular complexity index is 2080. The van der Waals surface area contributed by atoms with Crippen LogP contribution in [0.2, 0.25) is 0 Å². The molecule has 0 aliphatic heterocycles. The number of aromatic nitrogens is 6. The van der Waals surface area contributed by atoms with Crippen molar-refractivity contribution in [2.75, 3.05) is 0 Å². The molecular formula is C48H50Cl4IrN6O6Ru. The van der Waals surface area contributed by atoms with Crippen molar-refractivity contribution in [3.63, 3.8) is 0 Å². The van der Waals surface area contributed by atoms with Gasteiger partial charge in [-0.1, -0.05) is 121 Å². The fourth-order valence-electron chi connectivity index (χ4n) is 5.27. The quantitative estimate of drug-likeness (QED) is 0.151. The van der Waals surface area contributed by atoms with Gasteiger partial charge in [0.25, 0.3) is 0 Å². The number of benzene rings is 3. The molecule has 0 unspecified atom stereocenters. The van der Waals surface area contributed by atoms with Gasteiger partial charge in [0.2, 0.25) is 0 Å². The zero-order chi connectivity index (χ0) is 42.3. The average Bonchev–Trinajstić information content (AvgIpc) is 3.35. The molecule has 0 atom stereocenters. The standard InChI is InChI=1S/C15H11N3.3C11H9N.4ClH.Ir.6H2O.Ru/c1-3-9-16-13(7-1)12-6-5-11-18-15(12)14-8-2-4-10-17-14;3*1-2-6-10(7-3-1)11-8-4-5-9-12-11;;;;;;;;;;;;/h1-11H;3*1-9H;4*1H;;6*1H2;/q;;;;;;;;+2;;;;;;;+2/p-4. The fourth-order valence-corrected chi connectivity index (χ4v) is 5.27.